The van der Waals surface area contributed by atoms with Crippen molar-refractivity contribution in [3.8, 4) is 56.7 Å². The Bertz CT molecular complexity index is 3240. The van der Waals surface area contributed by atoms with Crippen LogP contribution in [-0.2, 0) is 0 Å². The van der Waals surface area contributed by atoms with Crippen LogP contribution < -0.4 is 4.74 Å². The van der Waals surface area contributed by atoms with Crippen LogP contribution in [0.15, 0.2) is 180 Å². The molecule has 1 aliphatic heterocycles. The molecule has 0 amide bonds. The fraction of sp³-hybridized carbons (Fsp3) is 0.0392. The zero-order chi connectivity index (χ0) is 37.5. The highest BCUT2D eigenvalue weighted by atomic mass is 16.5. The molecule has 0 radical (unpaired) electrons. The van der Waals surface area contributed by atoms with E-state index in [0.29, 0.717) is 17.5 Å². The summed E-state index contributed by atoms with van der Waals surface area (Å²) in [5, 5.41) is 3.33. The Balaban J connectivity index is 1.03. The Morgan fingerprint density at radius 2 is 1.14 bits per heavy atom. The Labute approximate surface area is 328 Å². The number of aromatic nitrogens is 4. The summed E-state index contributed by atoms with van der Waals surface area (Å²) in [6.45, 7) is 0. The molecular weight excluding hydrogens is 701 g/mol. The molecule has 2 atom stereocenters. The SMILES string of the molecule is C1=CC2c3c(cccc3-c3nc(-c4cccc(-c5ccccc5)c4)nc(-c4ccc5c(c4)oc4ccccc45)n3)OC2c2c1n(-c1ccccc1)c1ccccc21. The van der Waals surface area contributed by atoms with E-state index in [9.17, 15) is 0 Å². The number of hydrogen-bond acceptors (Lipinski definition) is 5. The summed E-state index contributed by atoms with van der Waals surface area (Å²) in [6.07, 6.45) is 4.35. The molecule has 0 N–H and O–H groups in total. The van der Waals surface area contributed by atoms with Crippen LogP contribution in [0.5, 0.6) is 5.75 Å². The molecule has 1 aliphatic carbocycles. The number of nitrogens with zero attached hydrogens (tertiary/aromatic N) is 4. The lowest BCUT2D eigenvalue weighted by molar-refractivity contribution is 0.224. The number of rotatable bonds is 5. The van der Waals surface area contributed by atoms with E-state index in [2.05, 4.69) is 150 Å². The summed E-state index contributed by atoms with van der Waals surface area (Å²) in [6, 6.07) is 58.6. The molecule has 7 aromatic carbocycles. The fourth-order valence-corrected chi connectivity index (χ4v) is 8.87. The van der Waals surface area contributed by atoms with Crippen molar-refractivity contribution in [2.45, 2.75) is 12.0 Å². The Kier molecular flexibility index (Phi) is 6.95. The zero-order valence-corrected chi connectivity index (χ0v) is 30.6. The third kappa shape index (κ3) is 5.00. The molecule has 12 rings (SSSR count). The van der Waals surface area contributed by atoms with Gasteiger partial charge in [-0.1, -0.05) is 127 Å². The van der Waals surface area contributed by atoms with Gasteiger partial charge in [-0.3, -0.25) is 0 Å². The van der Waals surface area contributed by atoms with E-state index in [0.717, 1.165) is 78.0 Å². The monoisotopic (exact) mass is 732 g/mol. The van der Waals surface area contributed by atoms with Gasteiger partial charge in [0.05, 0.1) is 11.2 Å². The number of furan rings is 1. The number of ether oxygens (including phenoxy) is 1. The first-order chi connectivity index (χ1) is 28.2. The minimum atomic E-state index is -0.213. The highest BCUT2D eigenvalue weighted by Crippen LogP contribution is 2.55. The van der Waals surface area contributed by atoms with Crippen molar-refractivity contribution in [1.82, 2.24) is 19.5 Å². The normalized spacial score (nSPS) is 15.4. The first kappa shape index (κ1) is 31.7. The largest absolute Gasteiger partial charge is 0.484 e. The van der Waals surface area contributed by atoms with Gasteiger partial charge < -0.3 is 13.7 Å². The van der Waals surface area contributed by atoms with Gasteiger partial charge in [-0.05, 0) is 65.7 Å². The summed E-state index contributed by atoms with van der Waals surface area (Å²) >= 11 is 0. The molecule has 2 aliphatic rings. The first-order valence-electron chi connectivity index (χ1n) is 19.3. The van der Waals surface area contributed by atoms with Crippen molar-refractivity contribution in [3.05, 3.63) is 193 Å². The van der Waals surface area contributed by atoms with Gasteiger partial charge in [-0.15, -0.1) is 0 Å². The van der Waals surface area contributed by atoms with E-state index >= 15 is 0 Å². The van der Waals surface area contributed by atoms with E-state index in [1.807, 2.05) is 36.4 Å². The van der Waals surface area contributed by atoms with Gasteiger partial charge in [0.15, 0.2) is 17.5 Å². The fourth-order valence-electron chi connectivity index (χ4n) is 8.87. The van der Waals surface area contributed by atoms with Crippen molar-refractivity contribution >= 4 is 38.9 Å². The van der Waals surface area contributed by atoms with Crippen LogP contribution in [0.4, 0.5) is 0 Å². The quantitative estimate of drug-likeness (QED) is 0.176. The van der Waals surface area contributed by atoms with E-state index in [1.165, 1.54) is 10.9 Å². The number of benzene rings is 7. The van der Waals surface area contributed by atoms with Crippen molar-refractivity contribution in [3.63, 3.8) is 0 Å². The van der Waals surface area contributed by atoms with E-state index in [4.69, 9.17) is 24.1 Å². The van der Waals surface area contributed by atoms with Crippen LogP contribution in [0.2, 0.25) is 0 Å². The lowest BCUT2D eigenvalue weighted by Crippen LogP contribution is -2.14. The smallest absolute Gasteiger partial charge is 0.164 e. The molecule has 0 saturated carbocycles. The van der Waals surface area contributed by atoms with E-state index < -0.39 is 0 Å². The summed E-state index contributed by atoms with van der Waals surface area (Å²) in [7, 11) is 0. The van der Waals surface area contributed by atoms with E-state index in [-0.39, 0.29) is 12.0 Å². The molecule has 10 aromatic rings. The molecule has 2 unspecified atom stereocenters. The molecule has 57 heavy (non-hydrogen) atoms. The molecule has 6 heteroatoms. The van der Waals surface area contributed by atoms with Crippen molar-refractivity contribution < 1.29 is 9.15 Å². The second-order valence-corrected chi connectivity index (χ2v) is 14.7. The van der Waals surface area contributed by atoms with Gasteiger partial charge in [0.2, 0.25) is 0 Å². The van der Waals surface area contributed by atoms with E-state index in [1.54, 1.807) is 0 Å². The first-order valence-corrected chi connectivity index (χ1v) is 19.3. The topological polar surface area (TPSA) is 66.0 Å². The maximum Gasteiger partial charge on any atom is 0.164 e. The number of fused-ring (bicyclic) bond motifs is 10. The molecule has 6 nitrogen and oxygen atoms in total. The molecule has 268 valence electrons. The van der Waals surface area contributed by atoms with Crippen molar-refractivity contribution in [2.75, 3.05) is 0 Å². The molecule has 0 saturated heterocycles. The summed E-state index contributed by atoms with van der Waals surface area (Å²) in [5.74, 6) is 2.56. The van der Waals surface area contributed by atoms with Crippen LogP contribution in [0.25, 0.3) is 89.9 Å². The van der Waals surface area contributed by atoms with Crippen LogP contribution >= 0.6 is 0 Å². The molecular formula is C51H32N4O2. The third-order valence-electron chi connectivity index (χ3n) is 11.4. The van der Waals surface area contributed by atoms with Gasteiger partial charge in [-0.2, -0.15) is 0 Å². The average molecular weight is 733 g/mol. The maximum atomic E-state index is 6.98. The number of para-hydroxylation sites is 3. The predicted molar refractivity (Wildman–Crippen MR) is 227 cm³/mol. The molecule has 4 heterocycles. The second-order valence-electron chi connectivity index (χ2n) is 14.7. The maximum absolute atomic E-state index is 6.98. The third-order valence-corrected chi connectivity index (χ3v) is 11.4. The summed E-state index contributed by atoms with van der Waals surface area (Å²) < 4.78 is 15.6. The summed E-state index contributed by atoms with van der Waals surface area (Å²) in [5.41, 5.74) is 12.2. The highest BCUT2D eigenvalue weighted by molar-refractivity contribution is 6.05. The van der Waals surface area contributed by atoms with Crippen LogP contribution in [-0.4, -0.2) is 19.5 Å². The molecule has 3 aromatic heterocycles. The van der Waals surface area contributed by atoms with Gasteiger partial charge in [0.25, 0.3) is 0 Å². The van der Waals surface area contributed by atoms with Gasteiger partial charge in [0.1, 0.15) is 23.0 Å². The average Bonchev–Trinajstić information content (AvgIpc) is 3.96. The second kappa shape index (κ2) is 12.5. The zero-order valence-electron chi connectivity index (χ0n) is 30.6. The Morgan fingerprint density at radius 1 is 0.474 bits per heavy atom. The van der Waals surface area contributed by atoms with Gasteiger partial charge >= 0.3 is 0 Å². The lowest BCUT2D eigenvalue weighted by Gasteiger charge is -2.22. The number of hydrogen-bond donors (Lipinski definition) is 0. The molecule has 0 spiro atoms. The minimum absolute atomic E-state index is 0.0456. The molecule has 0 bridgehead atoms. The Hall–Kier alpha value is -7.57. The minimum Gasteiger partial charge on any atom is -0.484 e. The standard InChI is InChI=1S/C51H32N4O2/c1-3-13-31(14-4-1)32-15-11-16-33(29-32)49-52-50(34-25-26-37-36-19-8-10-23-43(36)56-45(37)30-34)54-51(53-49)40-21-12-24-44-46(40)39-27-28-42-47(48(39)57-44)38-20-7-9-22-41(38)55(42)35-17-5-2-6-18-35/h1-30,39,48H. The highest BCUT2D eigenvalue weighted by Gasteiger charge is 2.42. The molecule has 0 fully saturated rings. The Morgan fingerprint density at radius 3 is 2.00 bits per heavy atom. The van der Waals surface area contributed by atoms with Crippen molar-refractivity contribution in [1.29, 1.82) is 0 Å². The van der Waals surface area contributed by atoms with Gasteiger partial charge in [-0.25, -0.2) is 15.0 Å². The summed E-state index contributed by atoms with van der Waals surface area (Å²) in [4.78, 5) is 15.7. The van der Waals surface area contributed by atoms with Crippen LogP contribution in [0.1, 0.15) is 28.8 Å². The lowest BCUT2D eigenvalue weighted by atomic mass is 9.83. The van der Waals surface area contributed by atoms with Crippen LogP contribution in [0.3, 0.4) is 0 Å². The van der Waals surface area contributed by atoms with Crippen LogP contribution in [0, 0.1) is 0 Å². The predicted octanol–water partition coefficient (Wildman–Crippen LogP) is 12.6. The van der Waals surface area contributed by atoms with Gasteiger partial charge in [0, 0.05) is 55.6 Å². The van der Waals surface area contributed by atoms with Crippen molar-refractivity contribution in [2.24, 2.45) is 0 Å².